The number of hydrogen-bond acceptors (Lipinski definition) is 4. The second-order valence-electron chi connectivity index (χ2n) is 5.76. The van der Waals surface area contributed by atoms with Gasteiger partial charge in [-0.2, -0.15) is 0 Å². The van der Waals surface area contributed by atoms with E-state index in [1.54, 1.807) is 12.3 Å². The summed E-state index contributed by atoms with van der Waals surface area (Å²) in [7, 11) is 0. The second-order valence-corrected chi connectivity index (χ2v) is 5.76. The van der Waals surface area contributed by atoms with Crippen LogP contribution in [0.4, 0.5) is 5.82 Å². The van der Waals surface area contributed by atoms with E-state index < -0.39 is 0 Å². The van der Waals surface area contributed by atoms with Gasteiger partial charge in [0.1, 0.15) is 5.82 Å². The van der Waals surface area contributed by atoms with Crippen molar-refractivity contribution in [3.05, 3.63) is 23.9 Å². The van der Waals surface area contributed by atoms with Crippen LogP contribution in [-0.2, 0) is 4.74 Å². The summed E-state index contributed by atoms with van der Waals surface area (Å²) in [4.78, 5) is 19.0. The van der Waals surface area contributed by atoms with Gasteiger partial charge in [-0.1, -0.05) is 6.92 Å². The molecule has 3 rings (SSSR count). The summed E-state index contributed by atoms with van der Waals surface area (Å²) < 4.78 is 5.78. The van der Waals surface area contributed by atoms with E-state index in [1.807, 2.05) is 11.0 Å². The molecule has 2 unspecified atom stereocenters. The van der Waals surface area contributed by atoms with Gasteiger partial charge < -0.3 is 15.0 Å². The molecule has 1 aliphatic carbocycles. The highest BCUT2D eigenvalue weighted by molar-refractivity contribution is 5.95. The molecule has 5 heteroatoms. The number of anilines is 1. The van der Waals surface area contributed by atoms with Gasteiger partial charge in [0, 0.05) is 24.8 Å². The predicted octanol–water partition coefficient (Wildman–Crippen LogP) is 2.30. The molecular formula is C16H23N3O2. The first-order chi connectivity index (χ1) is 10.3. The van der Waals surface area contributed by atoms with Crippen LogP contribution in [0.25, 0.3) is 0 Å². The summed E-state index contributed by atoms with van der Waals surface area (Å²) in [6.45, 7) is 4.32. The molecule has 1 aliphatic heterocycles. The molecule has 1 aromatic rings. The van der Waals surface area contributed by atoms with Crippen molar-refractivity contribution in [2.45, 2.75) is 44.8 Å². The van der Waals surface area contributed by atoms with E-state index in [0.717, 1.165) is 43.6 Å². The van der Waals surface area contributed by atoms with Crippen LogP contribution >= 0.6 is 0 Å². The van der Waals surface area contributed by atoms with Crippen molar-refractivity contribution in [2.75, 3.05) is 25.0 Å². The number of amides is 1. The first-order valence-corrected chi connectivity index (χ1v) is 7.92. The minimum Gasteiger partial charge on any atom is -0.374 e. The number of nitrogens with one attached hydrogen (secondary N) is 1. The molecule has 1 saturated carbocycles. The van der Waals surface area contributed by atoms with E-state index in [0.29, 0.717) is 13.2 Å². The number of carbonyl (C=O) groups is 1. The molecule has 1 aromatic heterocycles. The van der Waals surface area contributed by atoms with Crippen molar-refractivity contribution in [1.29, 1.82) is 0 Å². The fourth-order valence-electron chi connectivity index (χ4n) is 3.26. The number of fused-ring (bicyclic) bond motifs is 1. The summed E-state index contributed by atoms with van der Waals surface area (Å²) in [5, 5.41) is 3.23. The van der Waals surface area contributed by atoms with Gasteiger partial charge in [0.25, 0.3) is 5.91 Å². The third-order valence-electron chi connectivity index (χ3n) is 4.31. The molecule has 21 heavy (non-hydrogen) atoms. The van der Waals surface area contributed by atoms with Crippen LogP contribution in [0.1, 0.15) is 43.0 Å². The minimum atomic E-state index is 0.108. The molecule has 1 saturated heterocycles. The molecule has 1 amide bonds. The van der Waals surface area contributed by atoms with E-state index in [2.05, 4.69) is 17.2 Å². The fraction of sp³-hybridized carbons (Fsp3) is 0.625. The molecule has 0 radical (unpaired) electrons. The number of nitrogens with zero attached hydrogens (tertiary/aromatic N) is 2. The number of pyridine rings is 1. The van der Waals surface area contributed by atoms with Crippen molar-refractivity contribution in [3.63, 3.8) is 0 Å². The highest BCUT2D eigenvalue weighted by Gasteiger charge is 2.38. The lowest BCUT2D eigenvalue weighted by Crippen LogP contribution is -2.51. The molecule has 0 aromatic carbocycles. The summed E-state index contributed by atoms with van der Waals surface area (Å²) in [6.07, 6.45) is 6.27. The Balaban J connectivity index is 1.74. The van der Waals surface area contributed by atoms with Crippen LogP contribution in [0, 0.1) is 0 Å². The molecule has 2 fully saturated rings. The van der Waals surface area contributed by atoms with Crippen molar-refractivity contribution in [2.24, 2.45) is 0 Å². The average molecular weight is 289 g/mol. The lowest BCUT2D eigenvalue weighted by atomic mass is 10.1. The van der Waals surface area contributed by atoms with Gasteiger partial charge in [0.05, 0.1) is 18.8 Å². The summed E-state index contributed by atoms with van der Waals surface area (Å²) in [5.41, 5.74) is 0.719. The highest BCUT2D eigenvalue weighted by atomic mass is 16.5. The zero-order valence-electron chi connectivity index (χ0n) is 12.5. The van der Waals surface area contributed by atoms with Crippen molar-refractivity contribution < 1.29 is 9.53 Å². The Morgan fingerprint density at radius 1 is 1.52 bits per heavy atom. The third kappa shape index (κ3) is 3.02. The van der Waals surface area contributed by atoms with Crippen LogP contribution in [-0.4, -0.2) is 47.6 Å². The molecule has 0 bridgehead atoms. The molecule has 114 valence electrons. The van der Waals surface area contributed by atoms with E-state index >= 15 is 0 Å². The first-order valence-electron chi connectivity index (χ1n) is 7.92. The fourth-order valence-corrected chi connectivity index (χ4v) is 3.26. The lowest BCUT2D eigenvalue weighted by molar-refractivity contribution is -0.0445. The zero-order chi connectivity index (χ0) is 14.7. The smallest absolute Gasteiger partial charge is 0.254 e. The molecule has 5 nitrogen and oxygen atoms in total. The van der Waals surface area contributed by atoms with Gasteiger partial charge in [0.2, 0.25) is 0 Å². The number of carbonyl (C=O) groups excluding carboxylic acids is 1. The van der Waals surface area contributed by atoms with Crippen LogP contribution in [0.3, 0.4) is 0 Å². The standard InChI is InChI=1S/C16H23N3O2/c1-2-7-17-15-11-12(6-8-18-15)16(20)19-9-10-21-14-5-3-4-13(14)19/h6,8,11,13-14H,2-5,7,9-10H2,1H3,(H,17,18). The second kappa shape index (κ2) is 6.43. The van der Waals surface area contributed by atoms with Crippen LogP contribution in [0.2, 0.25) is 0 Å². The van der Waals surface area contributed by atoms with Crippen LogP contribution in [0.15, 0.2) is 18.3 Å². The number of hydrogen-bond donors (Lipinski definition) is 1. The van der Waals surface area contributed by atoms with Gasteiger partial charge in [-0.15, -0.1) is 0 Å². The molecular weight excluding hydrogens is 266 g/mol. The van der Waals surface area contributed by atoms with Crippen LogP contribution in [0.5, 0.6) is 0 Å². The maximum atomic E-state index is 12.8. The van der Waals surface area contributed by atoms with Gasteiger partial charge in [-0.05, 0) is 37.8 Å². The summed E-state index contributed by atoms with van der Waals surface area (Å²) in [5.74, 6) is 0.885. The van der Waals surface area contributed by atoms with Gasteiger partial charge >= 0.3 is 0 Å². The monoisotopic (exact) mass is 289 g/mol. The number of aromatic nitrogens is 1. The normalized spacial score (nSPS) is 24.7. The van der Waals surface area contributed by atoms with Crippen molar-refractivity contribution in [1.82, 2.24) is 9.88 Å². The SMILES string of the molecule is CCCNc1cc(C(=O)N2CCOC3CCCC32)ccn1. The van der Waals surface area contributed by atoms with E-state index in [-0.39, 0.29) is 18.1 Å². The molecule has 2 aliphatic rings. The van der Waals surface area contributed by atoms with E-state index in [1.165, 1.54) is 0 Å². The maximum Gasteiger partial charge on any atom is 0.254 e. The Morgan fingerprint density at radius 3 is 3.29 bits per heavy atom. The lowest BCUT2D eigenvalue weighted by Gasteiger charge is -2.37. The molecule has 2 heterocycles. The van der Waals surface area contributed by atoms with E-state index in [9.17, 15) is 4.79 Å². The van der Waals surface area contributed by atoms with Crippen molar-refractivity contribution >= 4 is 11.7 Å². The Hall–Kier alpha value is -1.62. The van der Waals surface area contributed by atoms with Gasteiger partial charge in [-0.3, -0.25) is 4.79 Å². The third-order valence-corrected chi connectivity index (χ3v) is 4.31. The topological polar surface area (TPSA) is 54.5 Å². The van der Waals surface area contributed by atoms with Gasteiger partial charge in [-0.25, -0.2) is 4.98 Å². The maximum absolute atomic E-state index is 12.8. The number of rotatable bonds is 4. The first kappa shape index (κ1) is 14.3. The Bertz CT molecular complexity index is 506. The quantitative estimate of drug-likeness (QED) is 0.924. The molecule has 0 spiro atoms. The van der Waals surface area contributed by atoms with E-state index in [4.69, 9.17) is 4.74 Å². The predicted molar refractivity (Wildman–Crippen MR) is 81.4 cm³/mol. The largest absolute Gasteiger partial charge is 0.374 e. The summed E-state index contributed by atoms with van der Waals surface area (Å²) >= 11 is 0. The molecule has 1 N–H and O–H groups in total. The average Bonchev–Trinajstić information content (AvgIpc) is 3.01. The Labute approximate surface area is 125 Å². The van der Waals surface area contributed by atoms with Crippen LogP contribution < -0.4 is 5.32 Å². The summed E-state index contributed by atoms with van der Waals surface area (Å²) in [6, 6.07) is 3.92. The Morgan fingerprint density at radius 2 is 2.43 bits per heavy atom. The van der Waals surface area contributed by atoms with Crippen molar-refractivity contribution in [3.8, 4) is 0 Å². The van der Waals surface area contributed by atoms with Gasteiger partial charge in [0.15, 0.2) is 0 Å². The highest BCUT2D eigenvalue weighted by Crippen LogP contribution is 2.30. The number of morpholine rings is 1. The minimum absolute atomic E-state index is 0.108. The number of ether oxygens (including phenoxy) is 1. The molecule has 2 atom stereocenters. The zero-order valence-corrected chi connectivity index (χ0v) is 12.5. The Kier molecular flexibility index (Phi) is 4.39.